The van der Waals surface area contributed by atoms with Gasteiger partial charge in [0.1, 0.15) is 5.82 Å². The van der Waals surface area contributed by atoms with E-state index in [0.717, 1.165) is 29.7 Å². The molecule has 1 aliphatic rings. The van der Waals surface area contributed by atoms with Gasteiger partial charge in [-0.1, -0.05) is 31.9 Å². The van der Waals surface area contributed by atoms with Gasteiger partial charge in [-0.2, -0.15) is 0 Å². The molecule has 1 aliphatic heterocycles. The third-order valence-electron chi connectivity index (χ3n) is 2.78. The van der Waals surface area contributed by atoms with E-state index in [4.69, 9.17) is 0 Å². The highest BCUT2D eigenvalue weighted by molar-refractivity contribution is 9.10. The van der Waals surface area contributed by atoms with Crippen LogP contribution in [0.4, 0.5) is 4.39 Å². The molecule has 88 valence electrons. The molecule has 1 atom stereocenters. The Labute approximate surface area is 112 Å². The molecule has 1 nitrogen and oxygen atoms in total. The predicted octanol–water partition coefficient (Wildman–Crippen LogP) is 3.95. The second kappa shape index (κ2) is 5.61. The summed E-state index contributed by atoms with van der Waals surface area (Å²) < 4.78 is 14.0. The van der Waals surface area contributed by atoms with E-state index in [1.165, 1.54) is 18.9 Å². The van der Waals surface area contributed by atoms with Gasteiger partial charge in [0.25, 0.3) is 0 Å². The van der Waals surface area contributed by atoms with Gasteiger partial charge >= 0.3 is 0 Å². The first-order valence-electron chi connectivity index (χ1n) is 5.45. The van der Waals surface area contributed by atoms with Crippen molar-refractivity contribution in [3.63, 3.8) is 0 Å². The highest BCUT2D eigenvalue weighted by atomic mass is 79.9. The quantitative estimate of drug-likeness (QED) is 0.730. The Hall–Kier alpha value is 0.0700. The highest BCUT2D eigenvalue weighted by Crippen LogP contribution is 2.21. The molecular weight excluding hydrogens is 337 g/mol. The lowest BCUT2D eigenvalue weighted by molar-refractivity contribution is 0.227. The van der Waals surface area contributed by atoms with E-state index < -0.39 is 0 Å². The maximum absolute atomic E-state index is 13.2. The Morgan fingerprint density at radius 3 is 2.88 bits per heavy atom. The fourth-order valence-corrected chi connectivity index (χ4v) is 3.35. The zero-order valence-corrected chi connectivity index (χ0v) is 12.1. The van der Waals surface area contributed by atoms with Crippen LogP contribution in [0.1, 0.15) is 18.4 Å². The standard InChI is InChI=1S/C12H14Br2FN/c13-10-2-1-3-16(8-10)7-9-4-11(14)6-12(15)5-9/h4-6,10H,1-3,7-8H2. The van der Waals surface area contributed by atoms with E-state index in [1.54, 1.807) is 6.07 Å². The third-order valence-corrected chi connectivity index (χ3v) is 3.98. The Bertz CT molecular complexity index is 350. The minimum atomic E-state index is -0.170. The molecule has 4 heteroatoms. The van der Waals surface area contributed by atoms with Gasteiger partial charge in [0.05, 0.1) is 0 Å². The summed E-state index contributed by atoms with van der Waals surface area (Å²) in [5, 5.41) is 0. The number of alkyl halides is 1. The maximum atomic E-state index is 13.2. The molecular formula is C12H14Br2FN. The van der Waals surface area contributed by atoms with Crippen molar-refractivity contribution in [3.8, 4) is 0 Å². The summed E-state index contributed by atoms with van der Waals surface area (Å²) in [4.78, 5) is 2.95. The Kier molecular flexibility index (Phi) is 4.39. The summed E-state index contributed by atoms with van der Waals surface area (Å²) in [5.41, 5.74) is 1.04. The number of hydrogen-bond acceptors (Lipinski definition) is 1. The summed E-state index contributed by atoms with van der Waals surface area (Å²) in [6.45, 7) is 2.99. The molecule has 1 saturated heterocycles. The van der Waals surface area contributed by atoms with Gasteiger partial charge in [-0.15, -0.1) is 0 Å². The van der Waals surface area contributed by atoms with Crippen LogP contribution in [0.25, 0.3) is 0 Å². The van der Waals surface area contributed by atoms with Crippen molar-refractivity contribution >= 4 is 31.9 Å². The first-order chi connectivity index (χ1) is 7.63. The van der Waals surface area contributed by atoms with Gasteiger partial charge in [0, 0.05) is 22.4 Å². The van der Waals surface area contributed by atoms with Crippen LogP contribution >= 0.6 is 31.9 Å². The fraction of sp³-hybridized carbons (Fsp3) is 0.500. The van der Waals surface area contributed by atoms with Crippen molar-refractivity contribution in [2.75, 3.05) is 13.1 Å². The van der Waals surface area contributed by atoms with E-state index in [1.807, 2.05) is 6.07 Å². The van der Waals surface area contributed by atoms with Crippen LogP contribution < -0.4 is 0 Å². The van der Waals surface area contributed by atoms with E-state index >= 15 is 0 Å². The second-order valence-corrected chi connectivity index (χ2v) is 6.46. The second-order valence-electron chi connectivity index (χ2n) is 4.25. The van der Waals surface area contributed by atoms with Crippen LogP contribution in [-0.4, -0.2) is 22.8 Å². The van der Waals surface area contributed by atoms with Crippen LogP contribution in [0, 0.1) is 5.82 Å². The molecule has 1 aromatic carbocycles. The van der Waals surface area contributed by atoms with E-state index in [2.05, 4.69) is 36.8 Å². The van der Waals surface area contributed by atoms with Crippen molar-refractivity contribution in [1.82, 2.24) is 4.90 Å². The van der Waals surface area contributed by atoms with Crippen molar-refractivity contribution in [3.05, 3.63) is 34.1 Å². The topological polar surface area (TPSA) is 3.24 Å². The summed E-state index contributed by atoms with van der Waals surface area (Å²) in [6, 6.07) is 5.09. The first-order valence-corrected chi connectivity index (χ1v) is 7.16. The number of hydrogen-bond donors (Lipinski definition) is 0. The monoisotopic (exact) mass is 349 g/mol. The van der Waals surface area contributed by atoms with Gasteiger partial charge in [0.2, 0.25) is 0 Å². The summed E-state index contributed by atoms with van der Waals surface area (Å²) >= 11 is 6.97. The van der Waals surface area contributed by atoms with Crippen LogP contribution in [0.5, 0.6) is 0 Å². The zero-order valence-electron chi connectivity index (χ0n) is 8.93. The minimum absolute atomic E-state index is 0.170. The molecule has 0 N–H and O–H groups in total. The molecule has 0 saturated carbocycles. The molecule has 0 bridgehead atoms. The molecule has 0 spiro atoms. The lowest BCUT2D eigenvalue weighted by Crippen LogP contribution is -2.35. The van der Waals surface area contributed by atoms with E-state index in [9.17, 15) is 4.39 Å². The van der Waals surface area contributed by atoms with Gasteiger partial charge < -0.3 is 0 Å². The highest BCUT2D eigenvalue weighted by Gasteiger charge is 2.17. The molecule has 1 heterocycles. The minimum Gasteiger partial charge on any atom is -0.298 e. The SMILES string of the molecule is Fc1cc(Br)cc(CN2CCCC(Br)C2)c1. The average molecular weight is 351 g/mol. The number of likely N-dealkylation sites (tertiary alicyclic amines) is 1. The molecule has 1 fully saturated rings. The number of rotatable bonds is 2. The maximum Gasteiger partial charge on any atom is 0.124 e. The molecule has 0 aromatic heterocycles. The normalized spacial score (nSPS) is 22.3. The van der Waals surface area contributed by atoms with E-state index in [-0.39, 0.29) is 5.82 Å². The number of benzene rings is 1. The first kappa shape index (κ1) is 12.5. The van der Waals surface area contributed by atoms with Gasteiger partial charge in [0.15, 0.2) is 0 Å². The molecule has 0 amide bonds. The van der Waals surface area contributed by atoms with Crippen molar-refractivity contribution < 1.29 is 4.39 Å². The zero-order chi connectivity index (χ0) is 11.5. The Balaban J connectivity index is 2.02. The van der Waals surface area contributed by atoms with Gasteiger partial charge in [-0.05, 0) is 43.1 Å². The molecule has 2 rings (SSSR count). The lowest BCUT2D eigenvalue weighted by atomic mass is 10.1. The number of piperidine rings is 1. The fourth-order valence-electron chi connectivity index (χ4n) is 2.10. The smallest absolute Gasteiger partial charge is 0.124 e. The molecule has 1 unspecified atom stereocenters. The Morgan fingerprint density at radius 2 is 2.19 bits per heavy atom. The summed E-state index contributed by atoms with van der Waals surface area (Å²) in [5.74, 6) is -0.170. The molecule has 0 aliphatic carbocycles. The van der Waals surface area contributed by atoms with Crippen molar-refractivity contribution in [1.29, 1.82) is 0 Å². The van der Waals surface area contributed by atoms with Crippen molar-refractivity contribution in [2.45, 2.75) is 24.2 Å². The van der Waals surface area contributed by atoms with Crippen LogP contribution in [-0.2, 0) is 6.54 Å². The van der Waals surface area contributed by atoms with Crippen LogP contribution in [0.2, 0.25) is 0 Å². The van der Waals surface area contributed by atoms with Crippen LogP contribution in [0.15, 0.2) is 22.7 Å². The molecule has 1 aromatic rings. The van der Waals surface area contributed by atoms with Crippen molar-refractivity contribution in [2.24, 2.45) is 0 Å². The summed E-state index contributed by atoms with van der Waals surface area (Å²) in [7, 11) is 0. The largest absolute Gasteiger partial charge is 0.298 e. The molecule has 0 radical (unpaired) electrons. The van der Waals surface area contributed by atoms with Crippen LogP contribution in [0.3, 0.4) is 0 Å². The average Bonchev–Trinajstić information content (AvgIpc) is 2.15. The number of halogens is 3. The number of nitrogens with zero attached hydrogens (tertiary/aromatic N) is 1. The van der Waals surface area contributed by atoms with Gasteiger partial charge in [-0.25, -0.2) is 4.39 Å². The van der Waals surface area contributed by atoms with Gasteiger partial charge in [-0.3, -0.25) is 4.90 Å². The Morgan fingerprint density at radius 1 is 1.38 bits per heavy atom. The third kappa shape index (κ3) is 3.54. The summed E-state index contributed by atoms with van der Waals surface area (Å²) in [6.07, 6.45) is 2.45. The lowest BCUT2D eigenvalue weighted by Gasteiger charge is -2.29. The van der Waals surface area contributed by atoms with E-state index in [0.29, 0.717) is 4.83 Å². The predicted molar refractivity (Wildman–Crippen MR) is 71.3 cm³/mol. The molecule has 16 heavy (non-hydrogen) atoms.